The molecule has 0 bridgehead atoms. The van der Waals surface area contributed by atoms with Gasteiger partial charge >= 0.3 is 5.76 Å². The lowest BCUT2D eigenvalue weighted by molar-refractivity contribution is -0.121. The van der Waals surface area contributed by atoms with Gasteiger partial charge in [-0.2, -0.15) is 4.68 Å². The Kier molecular flexibility index (Phi) is 4.98. The number of amides is 1. The molecule has 0 saturated carbocycles. The van der Waals surface area contributed by atoms with Crippen LogP contribution in [0.1, 0.15) is 5.56 Å². The average molecular weight is 343 g/mol. The summed E-state index contributed by atoms with van der Waals surface area (Å²) in [4.78, 5) is 23.7. The molecule has 0 fully saturated rings. The van der Waals surface area contributed by atoms with Gasteiger partial charge in [0.15, 0.2) is 5.76 Å². The summed E-state index contributed by atoms with van der Waals surface area (Å²) in [7, 11) is 1.61. The zero-order valence-corrected chi connectivity index (χ0v) is 13.6. The summed E-state index contributed by atoms with van der Waals surface area (Å²) in [5.74, 6) is 0.119. The Hall–Kier alpha value is -3.29. The van der Waals surface area contributed by atoms with Gasteiger partial charge < -0.3 is 18.9 Å². The van der Waals surface area contributed by atoms with E-state index in [1.165, 1.54) is 6.26 Å². The molecule has 1 aromatic carbocycles. The summed E-state index contributed by atoms with van der Waals surface area (Å²) in [5, 5.41) is 6.69. The Morgan fingerprint density at radius 2 is 2.08 bits per heavy atom. The van der Waals surface area contributed by atoms with Crippen LogP contribution >= 0.6 is 0 Å². The van der Waals surface area contributed by atoms with Gasteiger partial charge in [0.05, 0.1) is 13.4 Å². The SMILES string of the molecule is COc1ccc(CCNC(=O)Cn2nc(-c3ccco3)oc2=O)cc1. The standard InChI is InChI=1S/C17H17N3O5/c1-23-13-6-4-12(5-7-13)8-9-18-15(21)11-20-17(22)25-16(19-20)14-3-2-10-24-14/h2-7,10H,8-9,11H2,1H3,(H,18,21). The average Bonchev–Trinajstić information content (AvgIpc) is 3.26. The topological polar surface area (TPSA) is 99.5 Å². The fourth-order valence-electron chi connectivity index (χ4n) is 2.24. The van der Waals surface area contributed by atoms with Crippen molar-refractivity contribution < 1.29 is 18.4 Å². The van der Waals surface area contributed by atoms with Crippen LogP contribution in [0.4, 0.5) is 0 Å². The molecule has 0 aliphatic carbocycles. The molecule has 3 aromatic rings. The fourth-order valence-corrected chi connectivity index (χ4v) is 2.24. The first-order valence-electron chi connectivity index (χ1n) is 7.67. The normalized spacial score (nSPS) is 10.6. The molecule has 8 nitrogen and oxygen atoms in total. The number of aromatic nitrogens is 2. The van der Waals surface area contributed by atoms with Crippen LogP contribution in [0.15, 0.2) is 56.3 Å². The number of furan rings is 1. The molecule has 1 N–H and O–H groups in total. The van der Waals surface area contributed by atoms with Crippen molar-refractivity contribution in [2.75, 3.05) is 13.7 Å². The van der Waals surface area contributed by atoms with Gasteiger partial charge in [-0.3, -0.25) is 4.79 Å². The van der Waals surface area contributed by atoms with Crippen LogP contribution in [0.3, 0.4) is 0 Å². The lowest BCUT2D eigenvalue weighted by Crippen LogP contribution is -2.32. The van der Waals surface area contributed by atoms with Crippen molar-refractivity contribution in [2.45, 2.75) is 13.0 Å². The number of rotatable bonds is 7. The van der Waals surface area contributed by atoms with Crippen LogP contribution in [0.5, 0.6) is 5.75 Å². The number of carbonyl (C=O) groups is 1. The number of nitrogens with one attached hydrogen (secondary N) is 1. The van der Waals surface area contributed by atoms with Crippen molar-refractivity contribution in [3.05, 3.63) is 58.8 Å². The van der Waals surface area contributed by atoms with E-state index in [9.17, 15) is 9.59 Å². The molecule has 0 radical (unpaired) electrons. The maximum atomic E-state index is 12.0. The van der Waals surface area contributed by atoms with Gasteiger partial charge in [0.25, 0.3) is 5.89 Å². The van der Waals surface area contributed by atoms with Crippen molar-refractivity contribution >= 4 is 5.91 Å². The minimum atomic E-state index is -0.711. The highest BCUT2D eigenvalue weighted by Gasteiger charge is 2.14. The first-order chi connectivity index (χ1) is 12.2. The van der Waals surface area contributed by atoms with E-state index in [2.05, 4.69) is 10.4 Å². The van der Waals surface area contributed by atoms with E-state index in [4.69, 9.17) is 13.6 Å². The van der Waals surface area contributed by atoms with Crippen molar-refractivity contribution in [3.63, 3.8) is 0 Å². The second-order valence-electron chi connectivity index (χ2n) is 5.26. The molecular weight excluding hydrogens is 326 g/mol. The number of nitrogens with zero attached hydrogens (tertiary/aromatic N) is 2. The number of benzene rings is 1. The van der Waals surface area contributed by atoms with E-state index in [1.54, 1.807) is 19.2 Å². The molecule has 8 heteroatoms. The fraction of sp³-hybridized carbons (Fsp3) is 0.235. The molecule has 2 aromatic heterocycles. The predicted molar refractivity (Wildman–Crippen MR) is 88.2 cm³/mol. The van der Waals surface area contributed by atoms with E-state index < -0.39 is 5.76 Å². The maximum absolute atomic E-state index is 12.0. The summed E-state index contributed by atoms with van der Waals surface area (Å²) in [6, 6.07) is 10.9. The summed E-state index contributed by atoms with van der Waals surface area (Å²) in [5.41, 5.74) is 1.07. The van der Waals surface area contributed by atoms with E-state index in [1.807, 2.05) is 24.3 Å². The van der Waals surface area contributed by atoms with Crippen LogP contribution in [0.25, 0.3) is 11.7 Å². The van der Waals surface area contributed by atoms with Gasteiger partial charge in [0, 0.05) is 6.54 Å². The molecule has 0 aliphatic rings. The highest BCUT2D eigenvalue weighted by molar-refractivity contribution is 5.75. The number of carbonyl (C=O) groups excluding carboxylic acids is 1. The molecule has 0 aliphatic heterocycles. The molecule has 1 amide bonds. The Morgan fingerprint density at radius 3 is 2.76 bits per heavy atom. The summed E-state index contributed by atoms with van der Waals surface area (Å²) in [6.45, 7) is 0.231. The van der Waals surface area contributed by atoms with E-state index >= 15 is 0 Å². The lowest BCUT2D eigenvalue weighted by atomic mass is 10.1. The van der Waals surface area contributed by atoms with Gasteiger partial charge in [-0.1, -0.05) is 12.1 Å². The number of hydrogen-bond acceptors (Lipinski definition) is 6. The Bertz CT molecular complexity index is 878. The van der Waals surface area contributed by atoms with Crippen LogP contribution < -0.4 is 15.8 Å². The predicted octanol–water partition coefficient (Wildman–Crippen LogP) is 1.46. The Morgan fingerprint density at radius 1 is 1.28 bits per heavy atom. The molecule has 0 saturated heterocycles. The third kappa shape index (κ3) is 4.17. The van der Waals surface area contributed by atoms with Crippen molar-refractivity contribution in [1.82, 2.24) is 15.1 Å². The third-order valence-electron chi connectivity index (χ3n) is 3.53. The minimum Gasteiger partial charge on any atom is -0.497 e. The monoisotopic (exact) mass is 343 g/mol. The molecule has 2 heterocycles. The summed E-state index contributed by atoms with van der Waals surface area (Å²) < 4.78 is 16.1. The summed E-state index contributed by atoms with van der Waals surface area (Å²) in [6.07, 6.45) is 2.11. The van der Waals surface area contributed by atoms with Crippen molar-refractivity contribution in [1.29, 1.82) is 0 Å². The van der Waals surface area contributed by atoms with Crippen LogP contribution in [0, 0.1) is 0 Å². The van der Waals surface area contributed by atoms with Crippen LogP contribution in [0.2, 0.25) is 0 Å². The maximum Gasteiger partial charge on any atom is 0.437 e. The second-order valence-corrected chi connectivity index (χ2v) is 5.26. The quantitative estimate of drug-likeness (QED) is 0.697. The summed E-state index contributed by atoms with van der Waals surface area (Å²) >= 11 is 0. The highest BCUT2D eigenvalue weighted by atomic mass is 16.5. The lowest BCUT2D eigenvalue weighted by Gasteiger charge is -2.05. The molecule has 0 unspecified atom stereocenters. The minimum absolute atomic E-state index is 0.0426. The molecule has 0 spiro atoms. The van der Waals surface area contributed by atoms with Gasteiger partial charge in [0.2, 0.25) is 5.91 Å². The zero-order valence-electron chi connectivity index (χ0n) is 13.6. The molecule has 3 rings (SSSR count). The Labute approximate surface area is 143 Å². The van der Waals surface area contributed by atoms with Crippen LogP contribution in [-0.4, -0.2) is 29.3 Å². The number of hydrogen-bond donors (Lipinski definition) is 1. The number of methoxy groups -OCH3 is 1. The Balaban J connectivity index is 1.51. The van der Waals surface area contributed by atoms with Gasteiger partial charge in [-0.15, -0.1) is 5.10 Å². The molecule has 130 valence electrons. The molecular formula is C17H17N3O5. The van der Waals surface area contributed by atoms with Crippen LogP contribution in [-0.2, 0) is 17.8 Å². The first-order valence-corrected chi connectivity index (χ1v) is 7.67. The van der Waals surface area contributed by atoms with Gasteiger partial charge in [-0.25, -0.2) is 4.79 Å². The van der Waals surface area contributed by atoms with E-state index in [0.717, 1.165) is 16.0 Å². The van der Waals surface area contributed by atoms with Gasteiger partial charge in [0.1, 0.15) is 12.3 Å². The molecule has 0 atom stereocenters. The van der Waals surface area contributed by atoms with Gasteiger partial charge in [-0.05, 0) is 36.2 Å². The molecule has 25 heavy (non-hydrogen) atoms. The van der Waals surface area contributed by atoms with Crippen molar-refractivity contribution in [2.24, 2.45) is 0 Å². The smallest absolute Gasteiger partial charge is 0.437 e. The zero-order chi connectivity index (χ0) is 17.6. The number of ether oxygens (including phenoxy) is 1. The third-order valence-corrected chi connectivity index (χ3v) is 3.53. The second kappa shape index (κ2) is 7.52. The highest BCUT2D eigenvalue weighted by Crippen LogP contribution is 2.15. The largest absolute Gasteiger partial charge is 0.497 e. The van der Waals surface area contributed by atoms with E-state index in [0.29, 0.717) is 18.7 Å². The van der Waals surface area contributed by atoms with E-state index in [-0.39, 0.29) is 18.3 Å². The van der Waals surface area contributed by atoms with Crippen molar-refractivity contribution in [3.8, 4) is 17.4 Å². The first kappa shape index (κ1) is 16.6.